The maximum atomic E-state index is 12.8. The van der Waals surface area contributed by atoms with E-state index < -0.39 is 10.0 Å². The van der Waals surface area contributed by atoms with Gasteiger partial charge in [0, 0.05) is 0 Å². The van der Waals surface area contributed by atoms with Crippen LogP contribution in [0.5, 0.6) is 0 Å². The summed E-state index contributed by atoms with van der Waals surface area (Å²) in [5, 5.41) is 0.446. The Bertz CT molecular complexity index is 942. The van der Waals surface area contributed by atoms with Gasteiger partial charge in [0.15, 0.2) is 5.65 Å². The number of rotatable bonds is 2. The molecule has 2 heterocycles. The van der Waals surface area contributed by atoms with Crippen LogP contribution in [0.3, 0.4) is 0 Å². The summed E-state index contributed by atoms with van der Waals surface area (Å²) in [5.41, 5.74) is 0.160. The molecule has 0 N–H and O–H groups in total. The quantitative estimate of drug-likeness (QED) is 0.338. The van der Waals surface area contributed by atoms with Crippen molar-refractivity contribution < 1.29 is 8.42 Å². The first kappa shape index (κ1) is 15.0. The van der Waals surface area contributed by atoms with E-state index >= 15 is 0 Å². The molecular weight excluding hydrogens is 448 g/mol. The van der Waals surface area contributed by atoms with Gasteiger partial charge in [-0.2, -0.15) is 4.98 Å². The maximum Gasteiger partial charge on any atom is 0.270 e. The minimum absolute atomic E-state index is 0.105. The highest BCUT2D eigenvalue weighted by molar-refractivity contribution is 14.1. The van der Waals surface area contributed by atoms with Crippen LogP contribution in [-0.4, -0.2) is 22.4 Å². The van der Waals surface area contributed by atoms with E-state index in [-0.39, 0.29) is 21.0 Å². The normalized spacial score (nSPS) is 12.0. The zero-order chi connectivity index (χ0) is 15.2. The number of hydrogen-bond acceptors (Lipinski definition) is 4. The lowest BCUT2D eigenvalue weighted by atomic mass is 10.4. The topological polar surface area (TPSA) is 64.8 Å². The fourth-order valence-electron chi connectivity index (χ4n) is 1.89. The molecular formula is C12H6Cl2IN3O2S. The number of hydrogen-bond donors (Lipinski definition) is 0. The fourth-order valence-corrected chi connectivity index (χ4v) is 5.00. The average Bonchev–Trinajstić information content (AvgIpc) is 2.77. The molecule has 0 bridgehead atoms. The van der Waals surface area contributed by atoms with Crippen molar-refractivity contribution in [2.45, 2.75) is 4.90 Å². The summed E-state index contributed by atoms with van der Waals surface area (Å²) in [6.07, 6.45) is 0. The third-order valence-electron chi connectivity index (χ3n) is 2.78. The monoisotopic (exact) mass is 453 g/mol. The Morgan fingerprint density at radius 3 is 2.43 bits per heavy atom. The van der Waals surface area contributed by atoms with Crippen LogP contribution in [-0.2, 0) is 10.0 Å². The van der Waals surface area contributed by atoms with E-state index in [0.29, 0.717) is 9.09 Å². The second kappa shape index (κ2) is 5.38. The molecule has 0 aliphatic heterocycles. The van der Waals surface area contributed by atoms with Gasteiger partial charge in [0.1, 0.15) is 5.15 Å². The molecule has 0 atom stereocenters. The molecule has 0 amide bonds. The van der Waals surface area contributed by atoms with Gasteiger partial charge in [0.25, 0.3) is 10.0 Å². The molecule has 5 nitrogen and oxygen atoms in total. The van der Waals surface area contributed by atoms with Crippen LogP contribution >= 0.6 is 45.8 Å². The first-order valence-corrected chi connectivity index (χ1v) is 8.89. The van der Waals surface area contributed by atoms with Gasteiger partial charge in [-0.1, -0.05) is 29.8 Å². The van der Waals surface area contributed by atoms with Gasteiger partial charge < -0.3 is 0 Å². The number of aromatic nitrogens is 3. The van der Waals surface area contributed by atoms with Crippen molar-refractivity contribution in [1.82, 2.24) is 13.9 Å². The molecule has 0 aliphatic rings. The Kier molecular flexibility index (Phi) is 3.85. The van der Waals surface area contributed by atoms with Gasteiger partial charge in [-0.25, -0.2) is 17.4 Å². The summed E-state index contributed by atoms with van der Waals surface area (Å²) >= 11 is 13.7. The Morgan fingerprint density at radius 1 is 1.10 bits per heavy atom. The van der Waals surface area contributed by atoms with E-state index in [1.54, 1.807) is 24.3 Å². The molecule has 0 spiro atoms. The van der Waals surface area contributed by atoms with Crippen molar-refractivity contribution in [3.8, 4) is 0 Å². The van der Waals surface area contributed by atoms with Gasteiger partial charge in [-0.3, -0.25) is 0 Å². The zero-order valence-corrected chi connectivity index (χ0v) is 14.7. The van der Waals surface area contributed by atoms with Crippen LogP contribution < -0.4 is 0 Å². The van der Waals surface area contributed by atoms with Crippen molar-refractivity contribution >= 4 is 66.8 Å². The van der Waals surface area contributed by atoms with Crippen LogP contribution in [0.15, 0.2) is 41.3 Å². The van der Waals surface area contributed by atoms with Crippen molar-refractivity contribution in [3.05, 3.63) is 50.5 Å². The molecule has 0 saturated carbocycles. The van der Waals surface area contributed by atoms with Crippen LogP contribution in [0.4, 0.5) is 0 Å². The van der Waals surface area contributed by atoms with Crippen molar-refractivity contribution in [3.63, 3.8) is 0 Å². The molecule has 0 aliphatic carbocycles. The molecule has 0 saturated heterocycles. The van der Waals surface area contributed by atoms with Crippen molar-refractivity contribution in [2.24, 2.45) is 0 Å². The minimum atomic E-state index is -3.78. The third-order valence-corrected chi connectivity index (χ3v) is 6.08. The lowest BCUT2D eigenvalue weighted by Gasteiger charge is -2.08. The van der Waals surface area contributed by atoms with Gasteiger partial charge in [0.2, 0.25) is 5.28 Å². The zero-order valence-electron chi connectivity index (χ0n) is 10.2. The Morgan fingerprint density at radius 2 is 1.76 bits per heavy atom. The predicted molar refractivity (Wildman–Crippen MR) is 89.3 cm³/mol. The lowest BCUT2D eigenvalue weighted by Crippen LogP contribution is -2.15. The fraction of sp³-hybridized carbons (Fsp3) is 0. The lowest BCUT2D eigenvalue weighted by molar-refractivity contribution is 0.588. The summed E-state index contributed by atoms with van der Waals surface area (Å²) < 4.78 is 27.1. The van der Waals surface area contributed by atoms with E-state index in [1.807, 2.05) is 22.6 Å². The molecule has 1 aromatic carbocycles. The molecule has 0 radical (unpaired) electrons. The molecule has 108 valence electrons. The van der Waals surface area contributed by atoms with Crippen LogP contribution in [0, 0.1) is 3.70 Å². The number of fused-ring (bicyclic) bond motifs is 1. The molecule has 0 unspecified atom stereocenters. The van der Waals surface area contributed by atoms with Gasteiger partial charge in [-0.15, -0.1) is 0 Å². The van der Waals surface area contributed by atoms with E-state index in [1.165, 1.54) is 12.1 Å². The summed E-state index contributed by atoms with van der Waals surface area (Å²) in [4.78, 5) is 7.98. The average molecular weight is 454 g/mol. The first-order valence-electron chi connectivity index (χ1n) is 5.62. The second-order valence-electron chi connectivity index (χ2n) is 4.07. The van der Waals surface area contributed by atoms with Crippen molar-refractivity contribution in [1.29, 1.82) is 0 Å². The molecule has 21 heavy (non-hydrogen) atoms. The van der Waals surface area contributed by atoms with Gasteiger partial charge >= 0.3 is 0 Å². The van der Waals surface area contributed by atoms with E-state index in [4.69, 9.17) is 23.2 Å². The van der Waals surface area contributed by atoms with Gasteiger partial charge in [-0.05, 0) is 52.4 Å². The molecule has 3 aromatic rings. The largest absolute Gasteiger partial charge is 0.270 e. The SMILES string of the molecule is O=S(=O)(c1ccccc1)n1c(I)cc2c(Cl)nc(Cl)nc21. The summed E-state index contributed by atoms with van der Waals surface area (Å²) in [6, 6.07) is 9.69. The Hall–Kier alpha value is -0.900. The van der Waals surface area contributed by atoms with Crippen LogP contribution in [0.2, 0.25) is 10.4 Å². The second-order valence-corrected chi connectivity index (χ2v) is 7.66. The van der Waals surface area contributed by atoms with E-state index in [2.05, 4.69) is 9.97 Å². The standard InChI is InChI=1S/C12H6Cl2IN3O2S/c13-10-8-6-9(15)18(11(8)17-12(14)16-10)21(19,20)7-4-2-1-3-5-7/h1-6H. The van der Waals surface area contributed by atoms with Gasteiger partial charge in [0.05, 0.1) is 14.0 Å². The smallest absolute Gasteiger partial charge is 0.211 e. The predicted octanol–water partition coefficient (Wildman–Crippen LogP) is 3.58. The Labute approximate surface area is 144 Å². The summed E-state index contributed by atoms with van der Waals surface area (Å²) in [5.74, 6) is 0. The summed E-state index contributed by atoms with van der Waals surface area (Å²) in [6.45, 7) is 0. The van der Waals surface area contributed by atoms with Crippen LogP contribution in [0.1, 0.15) is 0 Å². The number of benzene rings is 1. The third kappa shape index (κ3) is 2.52. The molecule has 9 heteroatoms. The minimum Gasteiger partial charge on any atom is -0.211 e. The highest BCUT2D eigenvalue weighted by Crippen LogP contribution is 2.29. The van der Waals surface area contributed by atoms with E-state index in [0.717, 1.165) is 3.97 Å². The molecule has 0 fully saturated rings. The Balaban J connectivity index is 2.38. The molecule has 2 aromatic heterocycles. The number of halogens is 3. The maximum absolute atomic E-state index is 12.8. The van der Waals surface area contributed by atoms with E-state index in [9.17, 15) is 8.42 Å². The molecule has 3 rings (SSSR count). The highest BCUT2D eigenvalue weighted by atomic mass is 127. The first-order chi connectivity index (χ1) is 9.91. The van der Waals surface area contributed by atoms with Crippen molar-refractivity contribution in [2.75, 3.05) is 0 Å². The number of nitrogens with zero attached hydrogens (tertiary/aromatic N) is 3. The van der Waals surface area contributed by atoms with Crippen LogP contribution in [0.25, 0.3) is 11.0 Å². The summed E-state index contributed by atoms with van der Waals surface area (Å²) in [7, 11) is -3.78. The highest BCUT2D eigenvalue weighted by Gasteiger charge is 2.24.